The number of morpholine rings is 1. The first-order valence-electron chi connectivity index (χ1n) is 6.88. The maximum atomic E-state index is 12.5. The van der Waals surface area contributed by atoms with Gasteiger partial charge in [-0.3, -0.25) is 4.79 Å². The molecule has 3 amide bonds. The lowest BCUT2D eigenvalue weighted by molar-refractivity contribution is -0.146. The van der Waals surface area contributed by atoms with E-state index in [4.69, 9.17) is 10.5 Å². The van der Waals surface area contributed by atoms with Crippen LogP contribution < -0.4 is 11.1 Å². The van der Waals surface area contributed by atoms with Crippen LogP contribution in [0.15, 0.2) is 17.5 Å². The number of primary amides is 1. The predicted octanol–water partition coefficient (Wildman–Crippen LogP) is 1.49. The number of urea groups is 1. The maximum absolute atomic E-state index is 12.5. The zero-order valence-corrected chi connectivity index (χ0v) is 13.1. The standard InChI is InChI=1S/C14H21N3O3S/c1-14(2)9-17(5-6-20-14)12(18)8-10(16-13(15)19)11-4-3-7-21-11/h3-4,7,10H,5-6,8-9H2,1-2H3,(H3,15,16,19). The van der Waals surface area contributed by atoms with Crippen LogP contribution in [0.5, 0.6) is 0 Å². The molecule has 1 aromatic heterocycles. The molecule has 1 fully saturated rings. The van der Waals surface area contributed by atoms with Crippen LogP contribution in [-0.4, -0.2) is 42.1 Å². The Labute approximate surface area is 128 Å². The lowest BCUT2D eigenvalue weighted by atomic mass is 10.1. The summed E-state index contributed by atoms with van der Waals surface area (Å²) in [6.45, 7) is 5.59. The van der Waals surface area contributed by atoms with E-state index in [1.54, 1.807) is 4.90 Å². The minimum atomic E-state index is -0.622. The summed E-state index contributed by atoms with van der Waals surface area (Å²) in [6, 6.07) is 2.78. The van der Waals surface area contributed by atoms with E-state index in [1.165, 1.54) is 11.3 Å². The van der Waals surface area contributed by atoms with Crippen LogP contribution in [0.2, 0.25) is 0 Å². The van der Waals surface area contributed by atoms with E-state index in [-0.39, 0.29) is 24.0 Å². The van der Waals surface area contributed by atoms with Gasteiger partial charge in [-0.15, -0.1) is 11.3 Å². The summed E-state index contributed by atoms with van der Waals surface area (Å²) < 4.78 is 5.61. The van der Waals surface area contributed by atoms with E-state index >= 15 is 0 Å². The molecular formula is C14H21N3O3S. The molecule has 0 bridgehead atoms. The fourth-order valence-corrected chi connectivity index (χ4v) is 3.20. The number of carbonyl (C=O) groups excluding carboxylic acids is 2. The van der Waals surface area contributed by atoms with Gasteiger partial charge in [-0.25, -0.2) is 4.79 Å². The highest BCUT2D eigenvalue weighted by atomic mass is 32.1. The highest BCUT2D eigenvalue weighted by Gasteiger charge is 2.31. The van der Waals surface area contributed by atoms with Gasteiger partial charge in [-0.05, 0) is 25.3 Å². The molecule has 0 saturated carbocycles. The Bertz CT molecular complexity index is 502. The number of carbonyl (C=O) groups is 2. The summed E-state index contributed by atoms with van der Waals surface area (Å²) in [4.78, 5) is 26.3. The van der Waals surface area contributed by atoms with Crippen LogP contribution in [0, 0.1) is 0 Å². The van der Waals surface area contributed by atoms with E-state index in [2.05, 4.69) is 5.32 Å². The van der Waals surface area contributed by atoms with Crippen molar-refractivity contribution in [2.75, 3.05) is 19.7 Å². The van der Waals surface area contributed by atoms with Crippen molar-refractivity contribution >= 4 is 23.3 Å². The topological polar surface area (TPSA) is 84.7 Å². The molecule has 2 rings (SSSR count). The van der Waals surface area contributed by atoms with Gasteiger partial charge in [0.15, 0.2) is 0 Å². The van der Waals surface area contributed by atoms with Crippen LogP contribution in [-0.2, 0) is 9.53 Å². The third kappa shape index (κ3) is 4.44. The van der Waals surface area contributed by atoms with Crippen molar-refractivity contribution in [1.29, 1.82) is 0 Å². The minimum absolute atomic E-state index is 0.00137. The molecule has 2 heterocycles. The lowest BCUT2D eigenvalue weighted by Gasteiger charge is -2.38. The highest BCUT2D eigenvalue weighted by molar-refractivity contribution is 7.10. The number of thiophene rings is 1. The van der Waals surface area contributed by atoms with Crippen molar-refractivity contribution in [2.45, 2.75) is 31.9 Å². The SMILES string of the molecule is CC1(C)CN(C(=O)CC(NC(N)=O)c2cccs2)CCO1. The first kappa shape index (κ1) is 15.8. The second-order valence-electron chi connectivity index (χ2n) is 5.70. The average Bonchev–Trinajstić information content (AvgIpc) is 2.89. The number of ether oxygens (including phenoxy) is 1. The largest absolute Gasteiger partial charge is 0.372 e. The number of nitrogens with two attached hydrogens (primary N) is 1. The molecule has 0 aromatic carbocycles. The third-order valence-corrected chi connectivity index (χ3v) is 4.35. The molecule has 1 atom stereocenters. The van der Waals surface area contributed by atoms with Gasteiger partial charge in [0.25, 0.3) is 0 Å². The zero-order valence-electron chi connectivity index (χ0n) is 12.3. The second-order valence-corrected chi connectivity index (χ2v) is 6.68. The number of nitrogens with one attached hydrogen (secondary N) is 1. The summed E-state index contributed by atoms with van der Waals surface area (Å²) >= 11 is 1.50. The van der Waals surface area contributed by atoms with E-state index in [0.717, 1.165) is 4.88 Å². The Morgan fingerprint density at radius 2 is 2.33 bits per heavy atom. The first-order valence-corrected chi connectivity index (χ1v) is 7.76. The summed E-state index contributed by atoms with van der Waals surface area (Å²) in [5, 5.41) is 4.55. The number of amides is 3. The number of hydrogen-bond acceptors (Lipinski definition) is 4. The molecule has 1 aliphatic rings. The first-order chi connectivity index (χ1) is 9.87. The smallest absolute Gasteiger partial charge is 0.312 e. The molecule has 7 heteroatoms. The summed E-state index contributed by atoms with van der Waals surface area (Å²) in [5.41, 5.74) is 4.88. The molecule has 1 saturated heterocycles. The Hall–Kier alpha value is -1.60. The third-order valence-electron chi connectivity index (χ3n) is 3.36. The predicted molar refractivity (Wildman–Crippen MR) is 81.0 cm³/mol. The molecule has 3 N–H and O–H groups in total. The van der Waals surface area contributed by atoms with Crippen molar-refractivity contribution in [3.63, 3.8) is 0 Å². The quantitative estimate of drug-likeness (QED) is 0.883. The van der Waals surface area contributed by atoms with Crippen molar-refractivity contribution in [3.8, 4) is 0 Å². The van der Waals surface area contributed by atoms with Crippen molar-refractivity contribution in [1.82, 2.24) is 10.2 Å². The molecule has 1 aromatic rings. The molecule has 1 aliphatic heterocycles. The second kappa shape index (κ2) is 6.44. The fourth-order valence-electron chi connectivity index (χ4n) is 2.42. The van der Waals surface area contributed by atoms with Gasteiger partial charge >= 0.3 is 6.03 Å². The van der Waals surface area contributed by atoms with Crippen molar-refractivity contribution in [3.05, 3.63) is 22.4 Å². The van der Waals surface area contributed by atoms with Gasteiger partial charge < -0.3 is 20.7 Å². The number of rotatable bonds is 4. The van der Waals surface area contributed by atoms with Gasteiger partial charge in [-0.1, -0.05) is 6.07 Å². The van der Waals surface area contributed by atoms with E-state index in [0.29, 0.717) is 19.7 Å². The van der Waals surface area contributed by atoms with Crippen LogP contribution in [0.25, 0.3) is 0 Å². The summed E-state index contributed by atoms with van der Waals surface area (Å²) in [6.07, 6.45) is 0.208. The fraction of sp³-hybridized carbons (Fsp3) is 0.571. The molecular weight excluding hydrogens is 290 g/mol. The zero-order chi connectivity index (χ0) is 15.5. The molecule has 0 radical (unpaired) electrons. The van der Waals surface area contributed by atoms with Gasteiger partial charge in [-0.2, -0.15) is 0 Å². The normalized spacial score (nSPS) is 19.0. The molecule has 21 heavy (non-hydrogen) atoms. The van der Waals surface area contributed by atoms with Crippen LogP contribution in [0.4, 0.5) is 4.79 Å². The monoisotopic (exact) mass is 311 g/mol. The molecule has 6 nitrogen and oxygen atoms in total. The van der Waals surface area contributed by atoms with E-state index in [1.807, 2.05) is 31.4 Å². The van der Waals surface area contributed by atoms with Gasteiger partial charge in [0, 0.05) is 18.0 Å². The van der Waals surface area contributed by atoms with Crippen molar-refractivity contribution < 1.29 is 14.3 Å². The lowest BCUT2D eigenvalue weighted by Crippen LogP contribution is -2.51. The molecule has 116 valence electrons. The molecule has 1 unspecified atom stereocenters. The highest BCUT2D eigenvalue weighted by Crippen LogP contribution is 2.24. The van der Waals surface area contributed by atoms with Crippen LogP contribution in [0.1, 0.15) is 31.2 Å². The maximum Gasteiger partial charge on any atom is 0.312 e. The van der Waals surface area contributed by atoms with Crippen LogP contribution in [0.3, 0.4) is 0 Å². The molecule has 0 aliphatic carbocycles. The van der Waals surface area contributed by atoms with Gasteiger partial charge in [0.2, 0.25) is 5.91 Å². The Morgan fingerprint density at radius 3 is 2.90 bits per heavy atom. The Kier molecular flexibility index (Phi) is 4.84. The Morgan fingerprint density at radius 1 is 1.57 bits per heavy atom. The van der Waals surface area contributed by atoms with E-state index in [9.17, 15) is 9.59 Å². The van der Waals surface area contributed by atoms with Crippen LogP contribution >= 0.6 is 11.3 Å². The average molecular weight is 311 g/mol. The van der Waals surface area contributed by atoms with Gasteiger partial charge in [0.1, 0.15) is 0 Å². The molecule has 0 spiro atoms. The minimum Gasteiger partial charge on any atom is -0.372 e. The van der Waals surface area contributed by atoms with Gasteiger partial charge in [0.05, 0.1) is 24.7 Å². The number of nitrogens with zero attached hydrogens (tertiary/aromatic N) is 1. The summed E-state index contributed by atoms with van der Waals surface area (Å²) in [5.74, 6) is -0.00137. The Balaban J connectivity index is 2.02. The van der Waals surface area contributed by atoms with Crippen molar-refractivity contribution in [2.24, 2.45) is 5.73 Å². The summed E-state index contributed by atoms with van der Waals surface area (Å²) in [7, 11) is 0. The number of hydrogen-bond donors (Lipinski definition) is 2. The van der Waals surface area contributed by atoms with E-state index < -0.39 is 6.03 Å².